The standard InChI is InChI=1S/C32H36N2O5/c1-7-33(8-2)24-15-12-22(13-16-24)29-28(30(35)23-14-17-27(21(5)18-23)39-20(3)4)31(36)32(37)34(29)25-10-9-11-26(19-25)38-6/h9-20,29,35H,7-8H2,1-6H3/b30-28-. The van der Waals surface area contributed by atoms with Crippen molar-refractivity contribution in [2.75, 3.05) is 30.0 Å². The van der Waals surface area contributed by atoms with Crippen LogP contribution in [0.1, 0.15) is 50.4 Å². The van der Waals surface area contributed by atoms with Crippen molar-refractivity contribution in [1.29, 1.82) is 0 Å². The van der Waals surface area contributed by atoms with Gasteiger partial charge in [-0.25, -0.2) is 0 Å². The number of benzene rings is 3. The number of carbonyl (C=O) groups is 2. The molecule has 1 aliphatic rings. The number of Topliss-reactive ketones (excluding diaryl/α,β-unsaturated/α-hetero) is 1. The van der Waals surface area contributed by atoms with Gasteiger partial charge >= 0.3 is 0 Å². The number of ether oxygens (including phenoxy) is 2. The number of hydrogen-bond acceptors (Lipinski definition) is 6. The summed E-state index contributed by atoms with van der Waals surface area (Å²) < 4.78 is 11.2. The summed E-state index contributed by atoms with van der Waals surface area (Å²) in [4.78, 5) is 30.7. The van der Waals surface area contributed by atoms with Gasteiger partial charge in [0.2, 0.25) is 0 Å². The van der Waals surface area contributed by atoms with E-state index in [1.54, 1.807) is 49.6 Å². The molecule has 0 saturated carbocycles. The third kappa shape index (κ3) is 5.48. The van der Waals surface area contributed by atoms with Crippen LogP contribution >= 0.6 is 0 Å². The predicted molar refractivity (Wildman–Crippen MR) is 155 cm³/mol. The minimum Gasteiger partial charge on any atom is -0.507 e. The van der Waals surface area contributed by atoms with E-state index in [1.807, 2.05) is 45.0 Å². The Hall–Kier alpha value is -4.26. The molecule has 1 atom stereocenters. The number of rotatable bonds is 9. The lowest BCUT2D eigenvalue weighted by atomic mass is 9.94. The van der Waals surface area contributed by atoms with Crippen molar-refractivity contribution >= 4 is 28.8 Å². The highest BCUT2D eigenvalue weighted by atomic mass is 16.5. The summed E-state index contributed by atoms with van der Waals surface area (Å²) in [7, 11) is 1.55. The van der Waals surface area contributed by atoms with Gasteiger partial charge in [-0.05, 0) is 88.2 Å². The van der Waals surface area contributed by atoms with Crippen LogP contribution in [0, 0.1) is 6.92 Å². The zero-order valence-corrected chi connectivity index (χ0v) is 23.4. The molecule has 1 amide bonds. The van der Waals surface area contributed by atoms with E-state index in [-0.39, 0.29) is 17.4 Å². The molecule has 39 heavy (non-hydrogen) atoms. The van der Waals surface area contributed by atoms with Crippen molar-refractivity contribution < 1.29 is 24.2 Å². The highest BCUT2D eigenvalue weighted by molar-refractivity contribution is 6.51. The largest absolute Gasteiger partial charge is 0.507 e. The minimum absolute atomic E-state index is 0.00403. The molecule has 1 N–H and O–H groups in total. The Morgan fingerprint density at radius 2 is 1.69 bits per heavy atom. The lowest BCUT2D eigenvalue weighted by molar-refractivity contribution is -0.132. The fourth-order valence-corrected chi connectivity index (χ4v) is 4.97. The SMILES string of the molecule is CCN(CC)c1ccc(C2/C(=C(/O)c3ccc(OC(C)C)c(C)c3)C(=O)C(=O)N2c2cccc(OC)c2)cc1. The highest BCUT2D eigenvalue weighted by Crippen LogP contribution is 2.43. The molecule has 0 bridgehead atoms. The number of hydrogen-bond donors (Lipinski definition) is 1. The number of anilines is 2. The van der Waals surface area contributed by atoms with Crippen LogP contribution < -0.4 is 19.3 Å². The van der Waals surface area contributed by atoms with Gasteiger partial charge in [0, 0.05) is 36.1 Å². The van der Waals surface area contributed by atoms with E-state index in [2.05, 4.69) is 18.7 Å². The number of aliphatic hydroxyl groups excluding tert-OH is 1. The highest BCUT2D eigenvalue weighted by Gasteiger charge is 2.47. The lowest BCUT2D eigenvalue weighted by Gasteiger charge is -2.27. The molecule has 1 saturated heterocycles. The summed E-state index contributed by atoms with van der Waals surface area (Å²) in [6.07, 6.45) is -0.00403. The Bertz CT molecular complexity index is 1390. The van der Waals surface area contributed by atoms with Crippen LogP contribution in [0.15, 0.2) is 72.3 Å². The van der Waals surface area contributed by atoms with E-state index in [9.17, 15) is 14.7 Å². The molecule has 4 rings (SSSR count). The second-order valence-electron chi connectivity index (χ2n) is 9.78. The summed E-state index contributed by atoms with van der Waals surface area (Å²) in [6.45, 7) is 11.7. The van der Waals surface area contributed by atoms with Crippen molar-refractivity contribution in [3.63, 3.8) is 0 Å². The molecule has 3 aromatic carbocycles. The number of nitrogens with zero attached hydrogens (tertiary/aromatic N) is 2. The first-order valence-corrected chi connectivity index (χ1v) is 13.3. The normalized spacial score (nSPS) is 16.6. The average molecular weight is 529 g/mol. The first-order valence-electron chi connectivity index (χ1n) is 13.3. The molecule has 1 fully saturated rings. The van der Waals surface area contributed by atoms with Crippen molar-refractivity contribution in [3.8, 4) is 11.5 Å². The Balaban J connectivity index is 1.88. The second-order valence-corrected chi connectivity index (χ2v) is 9.78. The minimum atomic E-state index is -0.824. The van der Waals surface area contributed by atoms with Gasteiger partial charge in [-0.3, -0.25) is 14.5 Å². The molecule has 3 aromatic rings. The monoisotopic (exact) mass is 528 g/mol. The third-order valence-corrected chi connectivity index (χ3v) is 6.92. The quantitative estimate of drug-likeness (QED) is 0.201. The smallest absolute Gasteiger partial charge is 0.300 e. The molecular formula is C32H36N2O5. The average Bonchev–Trinajstić information content (AvgIpc) is 3.20. The first kappa shape index (κ1) is 27.8. The molecule has 0 radical (unpaired) electrons. The number of amides is 1. The molecule has 0 aliphatic carbocycles. The Kier molecular flexibility index (Phi) is 8.29. The Morgan fingerprint density at radius 3 is 2.28 bits per heavy atom. The Labute approximate surface area is 230 Å². The van der Waals surface area contributed by atoms with Crippen LogP contribution in [-0.2, 0) is 9.59 Å². The molecule has 0 aromatic heterocycles. The second kappa shape index (κ2) is 11.6. The topological polar surface area (TPSA) is 79.3 Å². The van der Waals surface area contributed by atoms with Crippen LogP contribution in [0.2, 0.25) is 0 Å². The van der Waals surface area contributed by atoms with E-state index in [0.29, 0.717) is 28.3 Å². The van der Waals surface area contributed by atoms with E-state index in [0.717, 1.165) is 24.3 Å². The predicted octanol–water partition coefficient (Wildman–Crippen LogP) is 6.26. The summed E-state index contributed by atoms with van der Waals surface area (Å²) in [5, 5.41) is 11.5. The zero-order chi connectivity index (χ0) is 28.3. The van der Waals surface area contributed by atoms with Crippen LogP contribution in [0.25, 0.3) is 5.76 Å². The van der Waals surface area contributed by atoms with Crippen LogP contribution in [-0.4, -0.2) is 43.1 Å². The van der Waals surface area contributed by atoms with Crippen molar-refractivity contribution in [3.05, 3.63) is 89.0 Å². The van der Waals surface area contributed by atoms with Crippen LogP contribution in [0.3, 0.4) is 0 Å². The van der Waals surface area contributed by atoms with Gasteiger partial charge in [0.05, 0.1) is 24.8 Å². The molecule has 0 spiro atoms. The fourth-order valence-electron chi connectivity index (χ4n) is 4.97. The van der Waals surface area contributed by atoms with Crippen molar-refractivity contribution in [2.45, 2.75) is 46.8 Å². The van der Waals surface area contributed by atoms with Gasteiger partial charge in [-0.1, -0.05) is 18.2 Å². The van der Waals surface area contributed by atoms with Gasteiger partial charge in [-0.2, -0.15) is 0 Å². The van der Waals surface area contributed by atoms with Gasteiger partial charge in [0.1, 0.15) is 17.3 Å². The molecule has 7 nitrogen and oxygen atoms in total. The number of methoxy groups -OCH3 is 1. The lowest BCUT2D eigenvalue weighted by Crippen LogP contribution is -2.29. The molecule has 7 heteroatoms. The zero-order valence-electron chi connectivity index (χ0n) is 23.4. The van der Waals surface area contributed by atoms with E-state index < -0.39 is 17.7 Å². The number of ketones is 1. The number of carbonyl (C=O) groups excluding carboxylic acids is 2. The van der Waals surface area contributed by atoms with Crippen molar-refractivity contribution in [2.24, 2.45) is 0 Å². The van der Waals surface area contributed by atoms with E-state index >= 15 is 0 Å². The van der Waals surface area contributed by atoms with E-state index in [1.165, 1.54) is 4.90 Å². The maximum atomic E-state index is 13.5. The van der Waals surface area contributed by atoms with E-state index in [4.69, 9.17) is 9.47 Å². The summed E-state index contributed by atoms with van der Waals surface area (Å²) >= 11 is 0. The van der Waals surface area contributed by atoms with Crippen molar-refractivity contribution in [1.82, 2.24) is 0 Å². The number of aryl methyl sites for hydroxylation is 1. The first-order chi connectivity index (χ1) is 18.7. The third-order valence-electron chi connectivity index (χ3n) is 6.92. The molecule has 204 valence electrons. The van der Waals surface area contributed by atoms with Crippen LogP contribution in [0.5, 0.6) is 11.5 Å². The van der Waals surface area contributed by atoms with Gasteiger partial charge in [-0.15, -0.1) is 0 Å². The fraction of sp³-hybridized carbons (Fsp3) is 0.312. The molecular weight excluding hydrogens is 492 g/mol. The summed E-state index contributed by atoms with van der Waals surface area (Å²) in [5.74, 6) is -0.425. The molecule has 1 heterocycles. The maximum absolute atomic E-state index is 13.5. The van der Waals surface area contributed by atoms with Gasteiger partial charge in [0.15, 0.2) is 0 Å². The molecule has 1 aliphatic heterocycles. The van der Waals surface area contributed by atoms with Gasteiger partial charge < -0.3 is 19.5 Å². The Morgan fingerprint density at radius 1 is 1.00 bits per heavy atom. The molecule has 1 unspecified atom stereocenters. The summed E-state index contributed by atoms with van der Waals surface area (Å²) in [5.41, 5.74) is 3.55. The maximum Gasteiger partial charge on any atom is 0.300 e. The van der Waals surface area contributed by atoms with Gasteiger partial charge in [0.25, 0.3) is 11.7 Å². The number of aliphatic hydroxyl groups is 1. The summed E-state index contributed by atoms with van der Waals surface area (Å²) in [6, 6.07) is 19.2. The van der Waals surface area contributed by atoms with Crippen LogP contribution in [0.4, 0.5) is 11.4 Å².